The molecule has 2 aromatic rings. The molecule has 24 heavy (non-hydrogen) atoms. The highest BCUT2D eigenvalue weighted by molar-refractivity contribution is 5.88. The third-order valence-electron chi connectivity index (χ3n) is 4.55. The van der Waals surface area contributed by atoms with Crippen LogP contribution in [0.5, 0.6) is 0 Å². The molecule has 0 bridgehead atoms. The van der Waals surface area contributed by atoms with Crippen molar-refractivity contribution in [2.24, 2.45) is 0 Å². The average Bonchev–Trinajstić information content (AvgIpc) is 3.23. The number of hydrogen-bond donors (Lipinski definition) is 1. The normalized spacial score (nSPS) is 15.8. The Morgan fingerprint density at radius 1 is 1.29 bits per heavy atom. The van der Waals surface area contributed by atoms with Gasteiger partial charge in [0, 0.05) is 31.3 Å². The van der Waals surface area contributed by atoms with Gasteiger partial charge in [0.2, 0.25) is 11.9 Å². The maximum atomic E-state index is 12.1. The minimum Gasteiger partial charge on any atom is -0.334 e. The Labute approximate surface area is 142 Å². The van der Waals surface area contributed by atoms with Crippen molar-refractivity contribution in [2.45, 2.75) is 70.9 Å². The smallest absolute Gasteiger partial charge is 0.248 e. The second-order valence-corrected chi connectivity index (χ2v) is 6.77. The number of carbonyl (C=O) groups excluding carboxylic acids is 1. The Hall–Kier alpha value is -2.18. The third-order valence-corrected chi connectivity index (χ3v) is 4.55. The molecule has 1 aliphatic rings. The molecule has 1 N–H and O–H groups in total. The molecule has 0 aliphatic heterocycles. The van der Waals surface area contributed by atoms with E-state index in [2.05, 4.69) is 34.2 Å². The van der Waals surface area contributed by atoms with Gasteiger partial charge in [0.25, 0.3) is 0 Å². The number of carbonyl (C=O) groups is 1. The summed E-state index contributed by atoms with van der Waals surface area (Å²) in [5.74, 6) is 1.68. The van der Waals surface area contributed by atoms with Crippen molar-refractivity contribution < 1.29 is 4.79 Å². The second-order valence-electron chi connectivity index (χ2n) is 6.77. The molecular weight excluding hydrogens is 304 g/mol. The Balaban J connectivity index is 1.51. The largest absolute Gasteiger partial charge is 0.334 e. The number of hydrogen-bond acceptors (Lipinski definition) is 4. The molecular formula is C17H26N6O. The SMILES string of the molecule is CC(C)c1nccn1CCC(=O)Nc1ncn(C2CCCCC2)n1. The average molecular weight is 330 g/mol. The maximum Gasteiger partial charge on any atom is 0.248 e. The van der Waals surface area contributed by atoms with Crippen LogP contribution in [-0.2, 0) is 11.3 Å². The van der Waals surface area contributed by atoms with E-state index < -0.39 is 0 Å². The van der Waals surface area contributed by atoms with E-state index in [9.17, 15) is 4.79 Å². The number of nitrogens with zero attached hydrogens (tertiary/aromatic N) is 5. The molecule has 0 saturated heterocycles. The highest BCUT2D eigenvalue weighted by Crippen LogP contribution is 2.27. The molecule has 0 aromatic carbocycles. The molecule has 3 rings (SSSR count). The number of rotatable bonds is 6. The van der Waals surface area contributed by atoms with Crippen LogP contribution in [0, 0.1) is 0 Å². The zero-order valence-corrected chi connectivity index (χ0v) is 14.5. The van der Waals surface area contributed by atoms with Crippen LogP contribution >= 0.6 is 0 Å². The van der Waals surface area contributed by atoms with E-state index in [1.165, 1.54) is 19.3 Å². The van der Waals surface area contributed by atoms with E-state index in [1.807, 2.05) is 15.4 Å². The van der Waals surface area contributed by atoms with Gasteiger partial charge in [-0.25, -0.2) is 14.6 Å². The zero-order chi connectivity index (χ0) is 16.9. The lowest BCUT2D eigenvalue weighted by Gasteiger charge is -2.21. The first kappa shape index (κ1) is 16.7. The van der Waals surface area contributed by atoms with Crippen molar-refractivity contribution in [1.29, 1.82) is 0 Å². The van der Waals surface area contributed by atoms with Gasteiger partial charge in [-0.05, 0) is 12.8 Å². The van der Waals surface area contributed by atoms with Crippen molar-refractivity contribution >= 4 is 11.9 Å². The maximum absolute atomic E-state index is 12.1. The molecule has 7 heteroatoms. The first-order valence-electron chi connectivity index (χ1n) is 8.85. The van der Waals surface area contributed by atoms with E-state index in [0.717, 1.165) is 18.7 Å². The molecule has 0 radical (unpaired) electrons. The van der Waals surface area contributed by atoms with Crippen LogP contribution in [0.2, 0.25) is 0 Å². The Kier molecular flexibility index (Phi) is 5.27. The van der Waals surface area contributed by atoms with E-state index in [1.54, 1.807) is 12.5 Å². The summed E-state index contributed by atoms with van der Waals surface area (Å²) in [5, 5.41) is 7.22. The van der Waals surface area contributed by atoms with Crippen LogP contribution < -0.4 is 5.32 Å². The predicted molar refractivity (Wildman–Crippen MR) is 91.7 cm³/mol. The quantitative estimate of drug-likeness (QED) is 0.882. The number of nitrogens with one attached hydrogen (secondary N) is 1. The van der Waals surface area contributed by atoms with Gasteiger partial charge in [-0.2, -0.15) is 0 Å². The number of amides is 1. The number of imidazole rings is 1. The lowest BCUT2D eigenvalue weighted by Crippen LogP contribution is -2.17. The lowest BCUT2D eigenvalue weighted by molar-refractivity contribution is -0.116. The molecule has 1 amide bonds. The van der Waals surface area contributed by atoms with Gasteiger partial charge in [-0.15, -0.1) is 5.10 Å². The summed E-state index contributed by atoms with van der Waals surface area (Å²) in [6.07, 6.45) is 11.9. The first-order valence-corrected chi connectivity index (χ1v) is 8.85. The molecule has 7 nitrogen and oxygen atoms in total. The Morgan fingerprint density at radius 2 is 2.08 bits per heavy atom. The van der Waals surface area contributed by atoms with Gasteiger partial charge in [0.1, 0.15) is 12.2 Å². The number of anilines is 1. The second kappa shape index (κ2) is 7.59. The number of aromatic nitrogens is 5. The van der Waals surface area contributed by atoms with Gasteiger partial charge in [0.15, 0.2) is 0 Å². The monoisotopic (exact) mass is 330 g/mol. The number of aryl methyl sites for hydroxylation is 1. The van der Waals surface area contributed by atoms with Crippen molar-refractivity contribution in [3.05, 3.63) is 24.5 Å². The van der Waals surface area contributed by atoms with Crippen LogP contribution in [0.25, 0.3) is 0 Å². The van der Waals surface area contributed by atoms with Crippen LogP contribution in [-0.4, -0.2) is 30.2 Å². The molecule has 1 saturated carbocycles. The van der Waals surface area contributed by atoms with Crippen molar-refractivity contribution in [3.8, 4) is 0 Å². The minimum absolute atomic E-state index is 0.0696. The molecule has 0 atom stereocenters. The topological polar surface area (TPSA) is 77.6 Å². The summed E-state index contributed by atoms with van der Waals surface area (Å²) in [7, 11) is 0. The van der Waals surface area contributed by atoms with Crippen molar-refractivity contribution in [2.75, 3.05) is 5.32 Å². The molecule has 130 valence electrons. The van der Waals surface area contributed by atoms with E-state index >= 15 is 0 Å². The van der Waals surface area contributed by atoms with Crippen molar-refractivity contribution in [1.82, 2.24) is 24.3 Å². The van der Waals surface area contributed by atoms with Gasteiger partial charge in [-0.3, -0.25) is 10.1 Å². The molecule has 0 spiro atoms. The van der Waals surface area contributed by atoms with Crippen LogP contribution in [0.15, 0.2) is 18.7 Å². The lowest BCUT2D eigenvalue weighted by atomic mass is 9.96. The summed E-state index contributed by atoms with van der Waals surface area (Å²) in [4.78, 5) is 20.7. The molecule has 0 unspecified atom stereocenters. The Bertz CT molecular complexity index is 668. The van der Waals surface area contributed by atoms with Gasteiger partial charge in [0.05, 0.1) is 6.04 Å². The Morgan fingerprint density at radius 3 is 2.83 bits per heavy atom. The summed E-state index contributed by atoms with van der Waals surface area (Å²) < 4.78 is 3.93. The molecule has 1 aliphatic carbocycles. The summed E-state index contributed by atoms with van der Waals surface area (Å²) >= 11 is 0. The van der Waals surface area contributed by atoms with Gasteiger partial charge >= 0.3 is 0 Å². The van der Waals surface area contributed by atoms with Crippen LogP contribution in [0.4, 0.5) is 5.95 Å². The first-order chi connectivity index (χ1) is 11.6. The summed E-state index contributed by atoms with van der Waals surface area (Å²) in [5.41, 5.74) is 0. The van der Waals surface area contributed by atoms with E-state index in [-0.39, 0.29) is 5.91 Å². The van der Waals surface area contributed by atoms with Crippen LogP contribution in [0.3, 0.4) is 0 Å². The fraction of sp³-hybridized carbons (Fsp3) is 0.647. The zero-order valence-electron chi connectivity index (χ0n) is 14.5. The molecule has 2 heterocycles. The van der Waals surface area contributed by atoms with Gasteiger partial charge in [-0.1, -0.05) is 33.1 Å². The highest BCUT2D eigenvalue weighted by atomic mass is 16.1. The van der Waals surface area contributed by atoms with Gasteiger partial charge < -0.3 is 4.57 Å². The van der Waals surface area contributed by atoms with Crippen molar-refractivity contribution in [3.63, 3.8) is 0 Å². The molecule has 2 aromatic heterocycles. The summed E-state index contributed by atoms with van der Waals surface area (Å²) in [6.45, 7) is 4.81. The predicted octanol–water partition coefficient (Wildman–Crippen LogP) is 3.13. The standard InChI is InChI=1S/C17H26N6O/c1-13(2)16-18-9-11-22(16)10-8-15(24)20-17-19-12-23(21-17)14-6-4-3-5-7-14/h9,11-14H,3-8,10H2,1-2H3,(H,20,21,24). The van der Waals surface area contributed by atoms with E-state index in [0.29, 0.717) is 30.9 Å². The fourth-order valence-electron chi connectivity index (χ4n) is 3.27. The highest BCUT2D eigenvalue weighted by Gasteiger charge is 2.17. The fourth-order valence-corrected chi connectivity index (χ4v) is 3.27. The summed E-state index contributed by atoms with van der Waals surface area (Å²) in [6, 6.07) is 0.427. The third kappa shape index (κ3) is 4.01. The molecule has 1 fully saturated rings. The van der Waals surface area contributed by atoms with E-state index in [4.69, 9.17) is 0 Å². The van der Waals surface area contributed by atoms with Crippen LogP contribution in [0.1, 0.15) is 70.2 Å². The minimum atomic E-state index is -0.0696.